The van der Waals surface area contributed by atoms with Gasteiger partial charge in [-0.25, -0.2) is 13.0 Å². The largest absolute Gasteiger partial charge is 0.339 e. The van der Waals surface area contributed by atoms with Gasteiger partial charge in [-0.2, -0.15) is 0 Å². The van der Waals surface area contributed by atoms with E-state index in [0.29, 0.717) is 16.8 Å². The molecular weight excluding hydrogens is 368 g/mol. The predicted octanol–water partition coefficient (Wildman–Crippen LogP) is 2.65. The molecule has 1 saturated heterocycles. The zero-order valence-corrected chi connectivity index (χ0v) is 15.3. The average Bonchev–Trinajstić information content (AvgIpc) is 3.17. The van der Waals surface area contributed by atoms with E-state index in [2.05, 4.69) is 19.7 Å². The van der Waals surface area contributed by atoms with Gasteiger partial charge in [0.15, 0.2) is 5.52 Å². The van der Waals surface area contributed by atoms with E-state index in [1.54, 1.807) is 36.4 Å². The monoisotopic (exact) mass is 386 g/mol. The number of carbonyl (C=O) groups excluding carboxylic acids is 1. The number of nitrogens with zero attached hydrogens (tertiary/aromatic N) is 3. The molecule has 1 fully saturated rings. The fourth-order valence-corrected chi connectivity index (χ4v) is 4.38. The van der Waals surface area contributed by atoms with Gasteiger partial charge in [-0.15, -0.1) is 0 Å². The van der Waals surface area contributed by atoms with Crippen molar-refractivity contribution in [2.75, 3.05) is 17.8 Å². The molecule has 140 valence electrons. The number of hydrogen-bond donors (Lipinski definition) is 1. The molecule has 1 N–H and O–H groups in total. The third-order valence-corrected chi connectivity index (χ3v) is 5.98. The van der Waals surface area contributed by atoms with E-state index in [4.69, 9.17) is 0 Å². The molecule has 8 nitrogen and oxygen atoms in total. The predicted molar refractivity (Wildman–Crippen MR) is 98.8 cm³/mol. The third-order valence-electron chi connectivity index (χ3n) is 4.57. The molecule has 1 amide bonds. The quantitative estimate of drug-likeness (QED) is 0.739. The summed E-state index contributed by atoms with van der Waals surface area (Å²) < 4.78 is 32.5. The van der Waals surface area contributed by atoms with Gasteiger partial charge in [0.1, 0.15) is 10.4 Å². The molecule has 2 heterocycles. The normalized spacial score (nSPS) is 15.0. The smallest absolute Gasteiger partial charge is 0.264 e. The number of amides is 1. The van der Waals surface area contributed by atoms with Crippen LogP contribution in [0, 0.1) is 0 Å². The molecule has 0 aliphatic carbocycles. The Morgan fingerprint density at radius 3 is 2.48 bits per heavy atom. The first-order valence-electron chi connectivity index (χ1n) is 8.68. The Labute approximate surface area is 156 Å². The van der Waals surface area contributed by atoms with Crippen LogP contribution in [0.4, 0.5) is 5.69 Å². The SMILES string of the molecule is O=C(c1ccc(NS(=O)(=O)c2cccc3nonc23)cc1)N1CCCCC1. The molecular formula is C18H18N4O4S. The van der Waals surface area contributed by atoms with Crippen molar-refractivity contribution in [2.24, 2.45) is 0 Å². The van der Waals surface area contributed by atoms with Crippen molar-refractivity contribution >= 4 is 32.7 Å². The lowest BCUT2D eigenvalue weighted by molar-refractivity contribution is 0.0724. The molecule has 2 aromatic carbocycles. The molecule has 0 spiro atoms. The van der Waals surface area contributed by atoms with Crippen molar-refractivity contribution in [3.63, 3.8) is 0 Å². The van der Waals surface area contributed by atoms with Crippen LogP contribution < -0.4 is 4.72 Å². The number of anilines is 1. The molecule has 1 aromatic heterocycles. The van der Waals surface area contributed by atoms with Crippen molar-refractivity contribution in [3.8, 4) is 0 Å². The molecule has 1 aliphatic heterocycles. The van der Waals surface area contributed by atoms with Crippen LogP contribution >= 0.6 is 0 Å². The number of likely N-dealkylation sites (tertiary alicyclic amines) is 1. The molecule has 0 unspecified atom stereocenters. The van der Waals surface area contributed by atoms with Gasteiger partial charge >= 0.3 is 0 Å². The second-order valence-corrected chi connectivity index (χ2v) is 8.07. The Kier molecular flexibility index (Phi) is 4.53. The first-order valence-corrected chi connectivity index (χ1v) is 10.2. The van der Waals surface area contributed by atoms with E-state index in [-0.39, 0.29) is 16.3 Å². The molecule has 0 bridgehead atoms. The summed E-state index contributed by atoms with van der Waals surface area (Å²) in [6.45, 7) is 1.53. The molecule has 1 aliphatic rings. The Bertz CT molecular complexity index is 1070. The highest BCUT2D eigenvalue weighted by molar-refractivity contribution is 7.93. The number of hydrogen-bond acceptors (Lipinski definition) is 6. The van der Waals surface area contributed by atoms with Crippen LogP contribution in [0.1, 0.15) is 29.6 Å². The summed E-state index contributed by atoms with van der Waals surface area (Å²) in [6, 6.07) is 11.0. The van der Waals surface area contributed by atoms with Crippen molar-refractivity contribution in [1.29, 1.82) is 0 Å². The number of fused-ring (bicyclic) bond motifs is 1. The number of piperidine rings is 1. The lowest BCUT2D eigenvalue weighted by Crippen LogP contribution is -2.35. The van der Waals surface area contributed by atoms with Gasteiger partial charge in [0.25, 0.3) is 15.9 Å². The first-order chi connectivity index (χ1) is 13.0. The molecule has 0 atom stereocenters. The van der Waals surface area contributed by atoms with E-state index in [9.17, 15) is 13.2 Å². The Morgan fingerprint density at radius 1 is 1.00 bits per heavy atom. The summed E-state index contributed by atoms with van der Waals surface area (Å²) in [5.41, 5.74) is 1.43. The van der Waals surface area contributed by atoms with E-state index in [0.717, 1.165) is 32.4 Å². The summed E-state index contributed by atoms with van der Waals surface area (Å²) >= 11 is 0. The second-order valence-electron chi connectivity index (χ2n) is 6.42. The number of carbonyl (C=O) groups is 1. The van der Waals surface area contributed by atoms with E-state index in [1.165, 1.54) is 6.07 Å². The van der Waals surface area contributed by atoms with Gasteiger partial charge in [0, 0.05) is 24.3 Å². The van der Waals surface area contributed by atoms with Crippen LogP contribution in [0.3, 0.4) is 0 Å². The Balaban J connectivity index is 1.54. The molecule has 3 aromatic rings. The Hall–Kier alpha value is -2.94. The van der Waals surface area contributed by atoms with E-state index >= 15 is 0 Å². The van der Waals surface area contributed by atoms with Gasteiger partial charge in [-0.05, 0) is 66.0 Å². The fraction of sp³-hybridized carbons (Fsp3) is 0.278. The van der Waals surface area contributed by atoms with Crippen molar-refractivity contribution in [2.45, 2.75) is 24.2 Å². The first kappa shape index (κ1) is 17.5. The summed E-state index contributed by atoms with van der Waals surface area (Å²) in [4.78, 5) is 14.3. The third kappa shape index (κ3) is 3.50. The van der Waals surface area contributed by atoms with Crippen molar-refractivity contribution < 1.29 is 17.8 Å². The maximum Gasteiger partial charge on any atom is 0.264 e. The number of nitrogens with one attached hydrogen (secondary N) is 1. The highest BCUT2D eigenvalue weighted by Crippen LogP contribution is 2.23. The number of rotatable bonds is 4. The highest BCUT2D eigenvalue weighted by atomic mass is 32.2. The van der Waals surface area contributed by atoms with Gasteiger partial charge in [-0.3, -0.25) is 9.52 Å². The van der Waals surface area contributed by atoms with Crippen LogP contribution in [-0.2, 0) is 10.0 Å². The molecule has 0 radical (unpaired) electrons. The maximum atomic E-state index is 12.7. The minimum Gasteiger partial charge on any atom is -0.339 e. The number of sulfonamides is 1. The van der Waals surface area contributed by atoms with Gasteiger partial charge in [-0.1, -0.05) is 6.07 Å². The topological polar surface area (TPSA) is 105 Å². The van der Waals surface area contributed by atoms with Crippen LogP contribution in [0.5, 0.6) is 0 Å². The van der Waals surface area contributed by atoms with Gasteiger partial charge in [0.2, 0.25) is 0 Å². The number of aromatic nitrogens is 2. The molecule has 27 heavy (non-hydrogen) atoms. The standard InChI is InChI=1S/C18H18N4O4S/c23-18(22-11-2-1-3-12-22)13-7-9-14(10-8-13)21-27(24,25)16-6-4-5-15-17(16)20-26-19-15/h4-10,21H,1-3,11-12H2. The zero-order valence-electron chi connectivity index (χ0n) is 14.5. The van der Waals surface area contributed by atoms with Crippen molar-refractivity contribution in [1.82, 2.24) is 15.2 Å². The lowest BCUT2D eigenvalue weighted by Gasteiger charge is -2.26. The summed E-state index contributed by atoms with van der Waals surface area (Å²) in [7, 11) is -3.87. The number of benzene rings is 2. The summed E-state index contributed by atoms with van der Waals surface area (Å²) in [5.74, 6) is -0.0254. The van der Waals surface area contributed by atoms with Crippen molar-refractivity contribution in [3.05, 3.63) is 48.0 Å². The van der Waals surface area contributed by atoms with Crippen LogP contribution in [0.25, 0.3) is 11.0 Å². The lowest BCUT2D eigenvalue weighted by atomic mass is 10.1. The van der Waals surface area contributed by atoms with Gasteiger partial charge in [0.05, 0.1) is 0 Å². The van der Waals surface area contributed by atoms with E-state index < -0.39 is 10.0 Å². The second kappa shape index (κ2) is 6.99. The minimum atomic E-state index is -3.87. The van der Waals surface area contributed by atoms with Crippen LogP contribution in [-0.4, -0.2) is 42.6 Å². The van der Waals surface area contributed by atoms with E-state index in [1.807, 2.05) is 4.90 Å². The average molecular weight is 386 g/mol. The fourth-order valence-electron chi connectivity index (χ4n) is 3.17. The molecule has 9 heteroatoms. The van der Waals surface area contributed by atoms with Gasteiger partial charge < -0.3 is 4.90 Å². The maximum absolute atomic E-state index is 12.7. The summed E-state index contributed by atoms with van der Waals surface area (Å²) in [6.07, 6.45) is 3.19. The van der Waals surface area contributed by atoms with Crippen LogP contribution in [0.2, 0.25) is 0 Å². The highest BCUT2D eigenvalue weighted by Gasteiger charge is 2.21. The van der Waals surface area contributed by atoms with Crippen LogP contribution in [0.15, 0.2) is 52.0 Å². The summed E-state index contributed by atoms with van der Waals surface area (Å²) in [5, 5.41) is 7.32. The zero-order chi connectivity index (χ0) is 18.9. The molecule has 0 saturated carbocycles. The minimum absolute atomic E-state index is 0.0188. The Morgan fingerprint density at radius 2 is 1.74 bits per heavy atom. The molecule has 4 rings (SSSR count).